The van der Waals surface area contributed by atoms with Crippen LogP contribution in [0.4, 0.5) is 0 Å². The number of hydrogen-bond acceptors (Lipinski definition) is 2. The highest BCUT2D eigenvalue weighted by atomic mass is 16.5. The van der Waals surface area contributed by atoms with Crippen molar-refractivity contribution in [2.75, 3.05) is 7.11 Å². The second kappa shape index (κ2) is 5.58. The average molecular weight is 277 g/mol. The normalized spacial score (nSPS) is 10.8. The maximum atomic E-state index is 5.70. The molecule has 0 heterocycles. The van der Waals surface area contributed by atoms with Gasteiger partial charge in [-0.1, -0.05) is 36.4 Å². The molecule has 2 heteroatoms. The second-order valence-electron chi connectivity index (χ2n) is 5.28. The number of aryl methyl sites for hydroxylation is 1. The number of fused-ring (bicyclic) bond motifs is 1. The third-order valence-electron chi connectivity index (χ3n) is 3.88. The van der Waals surface area contributed by atoms with Gasteiger partial charge >= 0.3 is 0 Å². The fraction of sp³-hybridized carbons (Fsp3) is 0.158. The van der Waals surface area contributed by atoms with Crippen LogP contribution in [0.15, 0.2) is 54.6 Å². The molecule has 3 aromatic rings. The van der Waals surface area contributed by atoms with Gasteiger partial charge in [-0.3, -0.25) is 0 Å². The fourth-order valence-electron chi connectivity index (χ4n) is 2.69. The van der Waals surface area contributed by atoms with E-state index < -0.39 is 0 Å². The summed E-state index contributed by atoms with van der Waals surface area (Å²) in [6, 6.07) is 19.1. The lowest BCUT2D eigenvalue weighted by Gasteiger charge is -2.10. The number of methoxy groups -OCH3 is 1. The molecular formula is C19H19NO. The summed E-state index contributed by atoms with van der Waals surface area (Å²) in [5.41, 5.74) is 10.6. The van der Waals surface area contributed by atoms with Crippen molar-refractivity contribution in [1.29, 1.82) is 0 Å². The Morgan fingerprint density at radius 3 is 2.38 bits per heavy atom. The monoisotopic (exact) mass is 277 g/mol. The summed E-state index contributed by atoms with van der Waals surface area (Å²) in [6.07, 6.45) is 0. The molecular weight excluding hydrogens is 258 g/mol. The topological polar surface area (TPSA) is 35.2 Å². The SMILES string of the molecule is COc1ccc2cc(-c3ccc(CN)cc3C)ccc2c1. The molecule has 0 aromatic heterocycles. The second-order valence-corrected chi connectivity index (χ2v) is 5.28. The largest absolute Gasteiger partial charge is 0.497 e. The van der Waals surface area contributed by atoms with Crippen molar-refractivity contribution in [3.05, 3.63) is 65.7 Å². The summed E-state index contributed by atoms with van der Waals surface area (Å²) < 4.78 is 5.27. The van der Waals surface area contributed by atoms with Crippen LogP contribution in [-0.4, -0.2) is 7.11 Å². The Hall–Kier alpha value is -2.32. The number of rotatable bonds is 3. The van der Waals surface area contributed by atoms with Crippen molar-refractivity contribution in [1.82, 2.24) is 0 Å². The number of ether oxygens (including phenoxy) is 1. The molecule has 21 heavy (non-hydrogen) atoms. The molecule has 2 nitrogen and oxygen atoms in total. The summed E-state index contributed by atoms with van der Waals surface area (Å²) >= 11 is 0. The maximum absolute atomic E-state index is 5.70. The summed E-state index contributed by atoms with van der Waals surface area (Å²) in [6.45, 7) is 2.71. The first-order chi connectivity index (χ1) is 10.2. The van der Waals surface area contributed by atoms with Crippen LogP contribution in [0.1, 0.15) is 11.1 Å². The van der Waals surface area contributed by atoms with E-state index in [0.29, 0.717) is 6.54 Å². The van der Waals surface area contributed by atoms with Crippen molar-refractivity contribution in [3.63, 3.8) is 0 Å². The first-order valence-corrected chi connectivity index (χ1v) is 7.09. The van der Waals surface area contributed by atoms with Gasteiger partial charge in [-0.2, -0.15) is 0 Å². The van der Waals surface area contributed by atoms with E-state index in [4.69, 9.17) is 10.5 Å². The van der Waals surface area contributed by atoms with Crippen LogP contribution in [0.5, 0.6) is 5.75 Å². The van der Waals surface area contributed by atoms with Gasteiger partial charge in [0.1, 0.15) is 5.75 Å². The summed E-state index contributed by atoms with van der Waals surface area (Å²) in [5, 5.41) is 2.41. The van der Waals surface area contributed by atoms with Gasteiger partial charge in [0, 0.05) is 6.54 Å². The van der Waals surface area contributed by atoms with E-state index in [0.717, 1.165) is 5.75 Å². The lowest BCUT2D eigenvalue weighted by molar-refractivity contribution is 0.415. The standard InChI is InChI=1S/C19H19NO/c1-13-9-14(12-20)3-8-19(13)17-5-4-16-11-18(21-2)7-6-15(16)10-17/h3-11H,12,20H2,1-2H3. The van der Waals surface area contributed by atoms with Crippen LogP contribution in [0.2, 0.25) is 0 Å². The average Bonchev–Trinajstić information content (AvgIpc) is 2.53. The van der Waals surface area contributed by atoms with E-state index >= 15 is 0 Å². The lowest BCUT2D eigenvalue weighted by Crippen LogP contribution is -1.97. The molecule has 0 radical (unpaired) electrons. The van der Waals surface area contributed by atoms with Crippen molar-refractivity contribution in [2.24, 2.45) is 5.73 Å². The minimum atomic E-state index is 0.582. The molecule has 0 amide bonds. The molecule has 0 aliphatic heterocycles. The van der Waals surface area contributed by atoms with Crippen LogP contribution in [-0.2, 0) is 6.54 Å². The molecule has 0 atom stereocenters. The van der Waals surface area contributed by atoms with E-state index in [1.165, 1.54) is 33.0 Å². The van der Waals surface area contributed by atoms with E-state index in [9.17, 15) is 0 Å². The summed E-state index contributed by atoms with van der Waals surface area (Å²) in [7, 11) is 1.69. The molecule has 106 valence electrons. The smallest absolute Gasteiger partial charge is 0.119 e. The van der Waals surface area contributed by atoms with Gasteiger partial charge in [-0.05, 0) is 58.1 Å². The Bertz CT molecular complexity index is 793. The number of nitrogens with two attached hydrogens (primary N) is 1. The van der Waals surface area contributed by atoms with Gasteiger partial charge in [-0.25, -0.2) is 0 Å². The number of hydrogen-bond donors (Lipinski definition) is 1. The van der Waals surface area contributed by atoms with E-state index in [1.54, 1.807) is 7.11 Å². The van der Waals surface area contributed by atoms with Crippen molar-refractivity contribution in [3.8, 4) is 16.9 Å². The molecule has 0 aliphatic rings. The first-order valence-electron chi connectivity index (χ1n) is 7.09. The van der Waals surface area contributed by atoms with Gasteiger partial charge < -0.3 is 10.5 Å². The Kier molecular flexibility index (Phi) is 3.63. The van der Waals surface area contributed by atoms with E-state index in [1.807, 2.05) is 6.07 Å². The van der Waals surface area contributed by atoms with Crippen LogP contribution in [0.3, 0.4) is 0 Å². The highest BCUT2D eigenvalue weighted by Gasteiger charge is 2.04. The molecule has 0 saturated heterocycles. The van der Waals surface area contributed by atoms with Gasteiger partial charge in [0.15, 0.2) is 0 Å². The Morgan fingerprint density at radius 2 is 1.67 bits per heavy atom. The van der Waals surface area contributed by atoms with Crippen molar-refractivity contribution in [2.45, 2.75) is 13.5 Å². The third-order valence-corrected chi connectivity index (χ3v) is 3.88. The third kappa shape index (κ3) is 2.63. The highest BCUT2D eigenvalue weighted by Crippen LogP contribution is 2.29. The minimum Gasteiger partial charge on any atom is -0.497 e. The Labute approximate surface area is 125 Å². The van der Waals surface area contributed by atoms with Crippen molar-refractivity contribution >= 4 is 10.8 Å². The predicted octanol–water partition coefficient (Wildman–Crippen LogP) is 4.28. The lowest BCUT2D eigenvalue weighted by atomic mass is 9.96. The molecule has 0 saturated carbocycles. The minimum absolute atomic E-state index is 0.582. The van der Waals surface area contributed by atoms with E-state index in [-0.39, 0.29) is 0 Å². The van der Waals surface area contributed by atoms with Crippen LogP contribution in [0, 0.1) is 6.92 Å². The zero-order chi connectivity index (χ0) is 14.8. The summed E-state index contributed by atoms with van der Waals surface area (Å²) in [5.74, 6) is 0.888. The molecule has 0 aliphatic carbocycles. The van der Waals surface area contributed by atoms with Gasteiger partial charge in [0.25, 0.3) is 0 Å². The summed E-state index contributed by atoms with van der Waals surface area (Å²) in [4.78, 5) is 0. The molecule has 0 spiro atoms. The molecule has 0 bridgehead atoms. The quantitative estimate of drug-likeness (QED) is 0.775. The van der Waals surface area contributed by atoms with Crippen LogP contribution in [0.25, 0.3) is 21.9 Å². The van der Waals surface area contributed by atoms with Gasteiger partial charge in [0.2, 0.25) is 0 Å². The van der Waals surface area contributed by atoms with Gasteiger partial charge in [0.05, 0.1) is 7.11 Å². The zero-order valence-corrected chi connectivity index (χ0v) is 12.4. The van der Waals surface area contributed by atoms with E-state index in [2.05, 4.69) is 55.5 Å². The maximum Gasteiger partial charge on any atom is 0.119 e. The Balaban J connectivity index is 2.08. The highest BCUT2D eigenvalue weighted by molar-refractivity contribution is 5.88. The number of benzene rings is 3. The molecule has 0 fully saturated rings. The molecule has 3 rings (SSSR count). The zero-order valence-electron chi connectivity index (χ0n) is 12.4. The van der Waals surface area contributed by atoms with Crippen LogP contribution < -0.4 is 10.5 Å². The fourth-order valence-corrected chi connectivity index (χ4v) is 2.69. The molecule has 3 aromatic carbocycles. The van der Waals surface area contributed by atoms with Gasteiger partial charge in [-0.15, -0.1) is 0 Å². The van der Waals surface area contributed by atoms with Crippen molar-refractivity contribution < 1.29 is 4.74 Å². The Morgan fingerprint density at radius 1 is 0.905 bits per heavy atom. The van der Waals surface area contributed by atoms with Crippen LogP contribution >= 0.6 is 0 Å². The first kappa shape index (κ1) is 13.7. The molecule has 2 N–H and O–H groups in total. The molecule has 0 unspecified atom stereocenters. The predicted molar refractivity (Wildman–Crippen MR) is 88.6 cm³/mol.